The van der Waals surface area contributed by atoms with Gasteiger partial charge in [0.05, 0.1) is 0 Å². The molecule has 0 aliphatic heterocycles. The monoisotopic (exact) mass is 280 g/mol. The van der Waals surface area contributed by atoms with Crippen LogP contribution in [0.2, 0.25) is 0 Å². The fourth-order valence-electron chi connectivity index (χ4n) is 1.69. The second-order valence-electron chi connectivity index (χ2n) is 4.30. The topological polar surface area (TPSA) is 65.1 Å². The molecule has 0 aromatic carbocycles. The van der Waals surface area contributed by atoms with Crippen molar-refractivity contribution in [1.82, 2.24) is 15.2 Å². The lowest BCUT2D eigenvalue weighted by atomic mass is 10.1. The second kappa shape index (κ2) is 7.46. The van der Waals surface area contributed by atoms with Crippen molar-refractivity contribution >= 4 is 0 Å². The van der Waals surface area contributed by atoms with Gasteiger partial charge in [-0.05, 0) is 25.3 Å². The van der Waals surface area contributed by atoms with E-state index in [2.05, 4.69) is 15.3 Å². The Morgan fingerprint density at radius 2 is 2.21 bits per heavy atom. The quantitative estimate of drug-likeness (QED) is 0.426. The highest BCUT2D eigenvalue weighted by Gasteiger charge is 2.27. The molecule has 1 unspecified atom stereocenters. The van der Waals surface area contributed by atoms with Gasteiger partial charge < -0.3 is 4.74 Å². The van der Waals surface area contributed by atoms with Crippen LogP contribution in [0, 0.1) is 0 Å². The zero-order valence-electron chi connectivity index (χ0n) is 10.8. The Morgan fingerprint density at radius 3 is 2.74 bits per heavy atom. The van der Waals surface area contributed by atoms with Crippen LogP contribution in [0.25, 0.3) is 0 Å². The summed E-state index contributed by atoms with van der Waals surface area (Å²) in [5.74, 6) is 5.37. The van der Waals surface area contributed by atoms with Gasteiger partial charge in [-0.15, -0.1) is 0 Å². The standard InChI is InChI=1S/C11H19F3N4O/c1-18-10(4-6-16-18)3-2-9(17-15)5-7-19-8-11(12,13)14/h4,6,9,17H,2-3,5,7-8,15H2,1H3. The highest BCUT2D eigenvalue weighted by Crippen LogP contribution is 2.14. The molecule has 0 spiro atoms. The van der Waals surface area contributed by atoms with Gasteiger partial charge in [0.25, 0.3) is 0 Å². The fraction of sp³-hybridized carbons (Fsp3) is 0.727. The summed E-state index contributed by atoms with van der Waals surface area (Å²) < 4.78 is 41.9. The van der Waals surface area contributed by atoms with E-state index in [1.54, 1.807) is 10.9 Å². The first-order chi connectivity index (χ1) is 8.92. The van der Waals surface area contributed by atoms with Crippen LogP contribution in [0.1, 0.15) is 18.5 Å². The third-order valence-electron chi connectivity index (χ3n) is 2.78. The highest BCUT2D eigenvalue weighted by molar-refractivity contribution is 5.00. The van der Waals surface area contributed by atoms with Crippen molar-refractivity contribution in [2.45, 2.75) is 31.5 Å². The SMILES string of the molecule is Cn1nccc1CCC(CCOCC(F)(F)F)NN. The molecule has 0 aliphatic rings. The molecule has 5 nitrogen and oxygen atoms in total. The van der Waals surface area contributed by atoms with Crippen molar-refractivity contribution in [2.75, 3.05) is 13.2 Å². The molecule has 0 amide bonds. The molecule has 1 atom stereocenters. The Morgan fingerprint density at radius 1 is 1.47 bits per heavy atom. The average Bonchev–Trinajstić information content (AvgIpc) is 2.73. The maximum absolute atomic E-state index is 11.9. The first kappa shape index (κ1) is 15.9. The molecule has 0 bridgehead atoms. The molecule has 0 radical (unpaired) electrons. The predicted octanol–water partition coefficient (Wildman–Crippen LogP) is 1.15. The van der Waals surface area contributed by atoms with E-state index in [9.17, 15) is 13.2 Å². The number of aromatic nitrogens is 2. The number of nitrogens with zero attached hydrogens (tertiary/aromatic N) is 2. The number of rotatable bonds is 8. The molecule has 1 heterocycles. The first-order valence-electron chi connectivity index (χ1n) is 6.00. The summed E-state index contributed by atoms with van der Waals surface area (Å²) in [6.07, 6.45) is -0.673. The molecule has 1 rings (SSSR count). The lowest BCUT2D eigenvalue weighted by Gasteiger charge is -2.16. The Balaban J connectivity index is 2.21. The van der Waals surface area contributed by atoms with Crippen molar-refractivity contribution in [3.63, 3.8) is 0 Å². The third-order valence-corrected chi connectivity index (χ3v) is 2.78. The number of aryl methyl sites for hydroxylation is 2. The molecule has 0 saturated heterocycles. The summed E-state index contributed by atoms with van der Waals surface area (Å²) in [7, 11) is 1.84. The van der Waals surface area contributed by atoms with Crippen molar-refractivity contribution in [1.29, 1.82) is 0 Å². The summed E-state index contributed by atoms with van der Waals surface area (Å²) in [6, 6.07) is 1.82. The molecule has 1 aromatic heterocycles. The highest BCUT2D eigenvalue weighted by atomic mass is 19.4. The lowest BCUT2D eigenvalue weighted by molar-refractivity contribution is -0.174. The van der Waals surface area contributed by atoms with E-state index in [4.69, 9.17) is 5.84 Å². The van der Waals surface area contributed by atoms with Gasteiger partial charge in [0, 0.05) is 31.6 Å². The van der Waals surface area contributed by atoms with Gasteiger partial charge in [0.1, 0.15) is 6.61 Å². The van der Waals surface area contributed by atoms with Crippen LogP contribution in [0.15, 0.2) is 12.3 Å². The van der Waals surface area contributed by atoms with Crippen LogP contribution in [-0.4, -0.2) is 35.2 Å². The molecule has 0 aliphatic carbocycles. The third kappa shape index (κ3) is 6.55. The van der Waals surface area contributed by atoms with E-state index in [1.165, 1.54) is 0 Å². The van der Waals surface area contributed by atoms with Crippen LogP contribution in [0.5, 0.6) is 0 Å². The number of alkyl halides is 3. The predicted molar refractivity (Wildman–Crippen MR) is 64.1 cm³/mol. The molecule has 3 N–H and O–H groups in total. The molecule has 8 heteroatoms. The Kier molecular flexibility index (Phi) is 6.26. The van der Waals surface area contributed by atoms with E-state index in [0.29, 0.717) is 12.8 Å². The number of hydrazine groups is 1. The van der Waals surface area contributed by atoms with Gasteiger partial charge in [-0.3, -0.25) is 16.0 Å². The van der Waals surface area contributed by atoms with Gasteiger partial charge in [-0.1, -0.05) is 0 Å². The van der Waals surface area contributed by atoms with Crippen molar-refractivity contribution in [3.05, 3.63) is 18.0 Å². The van der Waals surface area contributed by atoms with Crippen LogP contribution < -0.4 is 11.3 Å². The molecule has 19 heavy (non-hydrogen) atoms. The minimum absolute atomic E-state index is 0.0275. The van der Waals surface area contributed by atoms with Crippen LogP contribution in [0.4, 0.5) is 13.2 Å². The van der Waals surface area contributed by atoms with E-state index in [-0.39, 0.29) is 12.6 Å². The molecule has 0 fully saturated rings. The first-order valence-corrected chi connectivity index (χ1v) is 6.00. The largest absolute Gasteiger partial charge is 0.411 e. The maximum Gasteiger partial charge on any atom is 0.411 e. The fourth-order valence-corrected chi connectivity index (χ4v) is 1.69. The van der Waals surface area contributed by atoms with E-state index >= 15 is 0 Å². The zero-order chi connectivity index (χ0) is 14.3. The van der Waals surface area contributed by atoms with E-state index in [1.807, 2.05) is 13.1 Å². The summed E-state index contributed by atoms with van der Waals surface area (Å²) in [4.78, 5) is 0. The summed E-state index contributed by atoms with van der Waals surface area (Å²) >= 11 is 0. The summed E-state index contributed by atoms with van der Waals surface area (Å²) in [6.45, 7) is -1.19. The van der Waals surface area contributed by atoms with E-state index in [0.717, 1.165) is 12.1 Å². The van der Waals surface area contributed by atoms with Gasteiger partial charge >= 0.3 is 6.18 Å². The second-order valence-corrected chi connectivity index (χ2v) is 4.30. The van der Waals surface area contributed by atoms with Gasteiger partial charge in [0.2, 0.25) is 0 Å². The lowest BCUT2D eigenvalue weighted by Crippen LogP contribution is -2.36. The van der Waals surface area contributed by atoms with Gasteiger partial charge in [-0.2, -0.15) is 18.3 Å². The van der Waals surface area contributed by atoms with Crippen molar-refractivity contribution in [2.24, 2.45) is 12.9 Å². The number of nitrogens with one attached hydrogen (secondary N) is 1. The van der Waals surface area contributed by atoms with Crippen molar-refractivity contribution < 1.29 is 17.9 Å². The number of ether oxygens (including phenoxy) is 1. The maximum atomic E-state index is 11.9. The number of halogens is 3. The Bertz CT molecular complexity index is 367. The molecule has 1 aromatic rings. The average molecular weight is 280 g/mol. The normalized spacial score (nSPS) is 13.7. The van der Waals surface area contributed by atoms with Crippen LogP contribution in [0.3, 0.4) is 0 Å². The minimum Gasteiger partial charge on any atom is -0.372 e. The van der Waals surface area contributed by atoms with Gasteiger partial charge in [-0.25, -0.2) is 0 Å². The summed E-state index contributed by atoms with van der Waals surface area (Å²) in [5.41, 5.74) is 3.64. The summed E-state index contributed by atoms with van der Waals surface area (Å²) in [5, 5.41) is 4.04. The zero-order valence-corrected chi connectivity index (χ0v) is 10.8. The Hall–Kier alpha value is -1.12. The molecule has 0 saturated carbocycles. The molecule has 110 valence electrons. The molecular formula is C11H19F3N4O. The number of hydrogen-bond acceptors (Lipinski definition) is 4. The van der Waals surface area contributed by atoms with Crippen LogP contribution in [-0.2, 0) is 18.2 Å². The number of nitrogens with two attached hydrogens (primary N) is 1. The number of hydrogen-bond donors (Lipinski definition) is 2. The molecular weight excluding hydrogens is 261 g/mol. The van der Waals surface area contributed by atoms with Gasteiger partial charge in [0.15, 0.2) is 0 Å². The smallest absolute Gasteiger partial charge is 0.372 e. The van der Waals surface area contributed by atoms with E-state index < -0.39 is 12.8 Å². The van der Waals surface area contributed by atoms with Crippen LogP contribution >= 0.6 is 0 Å². The van der Waals surface area contributed by atoms with Crippen molar-refractivity contribution in [3.8, 4) is 0 Å². The minimum atomic E-state index is -4.28. The Labute approximate surface area is 109 Å².